The van der Waals surface area contributed by atoms with Crippen molar-refractivity contribution in [3.63, 3.8) is 0 Å². The Labute approximate surface area is 154 Å². The van der Waals surface area contributed by atoms with Gasteiger partial charge >= 0.3 is 0 Å². The van der Waals surface area contributed by atoms with Crippen molar-refractivity contribution < 1.29 is 4.79 Å². The lowest BCUT2D eigenvalue weighted by molar-refractivity contribution is -0.0979. The zero-order chi connectivity index (χ0) is 18.2. The summed E-state index contributed by atoms with van der Waals surface area (Å²) in [5, 5.41) is 2.76. The first kappa shape index (κ1) is 22.0. The Balaban J connectivity index is 0.000000330. The normalized spacial score (nSPS) is 8.50. The molecule has 1 aromatic heterocycles. The van der Waals surface area contributed by atoms with Gasteiger partial charge in [0.1, 0.15) is 6.79 Å². The Morgan fingerprint density at radius 2 is 1.75 bits per heavy atom. The molecule has 0 aliphatic carbocycles. The lowest BCUT2D eigenvalue weighted by atomic mass is 10.1. The van der Waals surface area contributed by atoms with Crippen LogP contribution in [0.5, 0.6) is 0 Å². The average molecular weight is 362 g/mol. The summed E-state index contributed by atoms with van der Waals surface area (Å²) >= 11 is 7.38. The number of thiazole rings is 1. The van der Waals surface area contributed by atoms with Crippen LogP contribution in [0.1, 0.15) is 23.6 Å². The molecule has 3 aromatic rings. The maximum atomic E-state index is 8.00. The van der Waals surface area contributed by atoms with E-state index in [0.717, 1.165) is 11.4 Å². The van der Waals surface area contributed by atoms with E-state index in [1.165, 1.54) is 16.7 Å². The van der Waals surface area contributed by atoms with E-state index in [2.05, 4.69) is 44.0 Å². The van der Waals surface area contributed by atoms with E-state index in [9.17, 15) is 0 Å². The summed E-state index contributed by atoms with van der Waals surface area (Å²) < 4.78 is 0. The minimum atomic E-state index is 0.828. The second-order valence-corrected chi connectivity index (χ2v) is 5.95. The van der Waals surface area contributed by atoms with E-state index in [4.69, 9.17) is 16.4 Å². The van der Waals surface area contributed by atoms with Gasteiger partial charge in [-0.05, 0) is 43.5 Å². The Bertz CT molecular complexity index is 625. The summed E-state index contributed by atoms with van der Waals surface area (Å²) in [6, 6.07) is 16.3. The summed E-state index contributed by atoms with van der Waals surface area (Å²) in [4.78, 5) is 11.7. The van der Waals surface area contributed by atoms with Crippen LogP contribution in [0.2, 0.25) is 5.02 Å². The molecule has 0 fully saturated rings. The van der Waals surface area contributed by atoms with E-state index < -0.39 is 0 Å². The van der Waals surface area contributed by atoms with Crippen LogP contribution in [0, 0.1) is 13.8 Å². The van der Waals surface area contributed by atoms with Gasteiger partial charge in [-0.2, -0.15) is 0 Å². The van der Waals surface area contributed by atoms with Crippen LogP contribution in [0.15, 0.2) is 65.6 Å². The molecule has 24 heavy (non-hydrogen) atoms. The van der Waals surface area contributed by atoms with Gasteiger partial charge in [0.25, 0.3) is 0 Å². The van der Waals surface area contributed by atoms with Crippen LogP contribution < -0.4 is 0 Å². The van der Waals surface area contributed by atoms with Crippen molar-refractivity contribution in [3.05, 3.63) is 87.3 Å². The highest BCUT2D eigenvalue weighted by molar-refractivity contribution is 7.07. The van der Waals surface area contributed by atoms with Crippen LogP contribution in [-0.4, -0.2) is 11.8 Å². The molecule has 0 saturated heterocycles. The fourth-order valence-electron chi connectivity index (χ4n) is 1.77. The SMILES string of the molecule is C=O.CCc1ccc(Cl)cc1C.Cc1ccccc1.c1cscn1. The molecule has 0 atom stereocenters. The Morgan fingerprint density at radius 3 is 2.08 bits per heavy atom. The number of carbonyl (C=O) groups excluding carboxylic acids is 1. The number of hydrogen-bond acceptors (Lipinski definition) is 3. The molecule has 0 aliphatic rings. The maximum Gasteiger partial charge on any atom is 0.106 e. The van der Waals surface area contributed by atoms with Crippen molar-refractivity contribution in [1.82, 2.24) is 4.98 Å². The molecule has 2 aromatic carbocycles. The van der Waals surface area contributed by atoms with Crippen molar-refractivity contribution in [2.24, 2.45) is 0 Å². The predicted molar refractivity (Wildman–Crippen MR) is 106 cm³/mol. The van der Waals surface area contributed by atoms with E-state index in [1.807, 2.05) is 42.5 Å². The van der Waals surface area contributed by atoms with Gasteiger partial charge in [-0.1, -0.05) is 60.5 Å². The standard InChI is InChI=1S/C9H11Cl.C7H8.C3H3NS.CH2O/c1-3-8-4-5-9(10)6-7(8)2;1-7-5-3-2-4-6-7;1-2-5-3-4-1;1-2/h4-6H,3H2,1-2H3;2-6H,1H3;1-3H;1H2. The fraction of sp³-hybridized carbons (Fsp3) is 0.200. The third-order valence-electron chi connectivity index (χ3n) is 2.97. The van der Waals surface area contributed by atoms with Crippen molar-refractivity contribution in [3.8, 4) is 0 Å². The van der Waals surface area contributed by atoms with E-state index in [-0.39, 0.29) is 0 Å². The molecule has 4 heteroatoms. The average Bonchev–Trinajstić information content (AvgIpc) is 3.18. The number of benzene rings is 2. The van der Waals surface area contributed by atoms with Gasteiger partial charge in [-0.3, -0.25) is 4.98 Å². The van der Waals surface area contributed by atoms with Crippen LogP contribution in [0.25, 0.3) is 0 Å². The number of nitrogens with zero attached hydrogens (tertiary/aromatic N) is 1. The summed E-state index contributed by atoms with van der Waals surface area (Å²) in [6.07, 6.45) is 2.85. The molecule has 0 bridgehead atoms. The van der Waals surface area contributed by atoms with Gasteiger partial charge in [0.15, 0.2) is 0 Å². The molecular formula is C20H24ClNOS. The van der Waals surface area contributed by atoms with Gasteiger partial charge in [0, 0.05) is 16.6 Å². The molecule has 2 nitrogen and oxygen atoms in total. The lowest BCUT2D eigenvalue weighted by Crippen LogP contribution is -1.84. The Hall–Kier alpha value is -1.97. The summed E-state index contributed by atoms with van der Waals surface area (Å²) in [7, 11) is 0. The van der Waals surface area contributed by atoms with Crippen molar-refractivity contribution in [2.45, 2.75) is 27.2 Å². The number of halogens is 1. The molecule has 3 rings (SSSR count). The largest absolute Gasteiger partial charge is 0.307 e. The predicted octanol–water partition coefficient (Wildman–Crippen LogP) is 6.16. The van der Waals surface area contributed by atoms with Gasteiger partial charge < -0.3 is 4.79 Å². The van der Waals surface area contributed by atoms with Gasteiger partial charge in [-0.25, -0.2) is 0 Å². The number of aryl methyl sites for hydroxylation is 3. The first-order chi connectivity index (χ1) is 11.6. The van der Waals surface area contributed by atoms with Crippen molar-refractivity contribution in [1.29, 1.82) is 0 Å². The van der Waals surface area contributed by atoms with E-state index in [1.54, 1.807) is 23.0 Å². The topological polar surface area (TPSA) is 30.0 Å². The Kier molecular flexibility index (Phi) is 13.4. The van der Waals surface area contributed by atoms with Crippen LogP contribution in [-0.2, 0) is 11.2 Å². The number of rotatable bonds is 1. The molecular weight excluding hydrogens is 338 g/mol. The highest BCUT2D eigenvalue weighted by Crippen LogP contribution is 2.14. The minimum absolute atomic E-state index is 0.828. The third-order valence-corrected chi connectivity index (χ3v) is 3.73. The maximum absolute atomic E-state index is 8.00. The fourth-order valence-corrected chi connectivity index (χ4v) is 2.34. The van der Waals surface area contributed by atoms with Crippen molar-refractivity contribution in [2.75, 3.05) is 0 Å². The molecule has 0 N–H and O–H groups in total. The zero-order valence-electron chi connectivity index (χ0n) is 14.4. The van der Waals surface area contributed by atoms with Gasteiger partial charge in [0.05, 0.1) is 5.51 Å². The molecule has 128 valence electrons. The second kappa shape index (κ2) is 14.6. The molecule has 0 radical (unpaired) electrons. The number of aromatic nitrogens is 1. The van der Waals surface area contributed by atoms with Crippen molar-refractivity contribution >= 4 is 29.7 Å². The van der Waals surface area contributed by atoms with Crippen LogP contribution in [0.4, 0.5) is 0 Å². The molecule has 0 unspecified atom stereocenters. The summed E-state index contributed by atoms with van der Waals surface area (Å²) in [5.41, 5.74) is 5.78. The highest BCUT2D eigenvalue weighted by atomic mass is 35.5. The number of hydrogen-bond donors (Lipinski definition) is 0. The summed E-state index contributed by atoms with van der Waals surface area (Å²) in [6.45, 7) is 8.32. The lowest BCUT2D eigenvalue weighted by Gasteiger charge is -2.01. The van der Waals surface area contributed by atoms with Gasteiger partial charge in [0.2, 0.25) is 0 Å². The van der Waals surface area contributed by atoms with Crippen LogP contribution in [0.3, 0.4) is 0 Å². The highest BCUT2D eigenvalue weighted by Gasteiger charge is 1.94. The molecule has 0 amide bonds. The number of carbonyl (C=O) groups is 1. The molecule has 1 heterocycles. The third kappa shape index (κ3) is 10.7. The molecule has 0 spiro atoms. The molecule has 0 saturated carbocycles. The minimum Gasteiger partial charge on any atom is -0.307 e. The first-order valence-electron chi connectivity index (χ1n) is 7.51. The van der Waals surface area contributed by atoms with E-state index in [0.29, 0.717) is 0 Å². The summed E-state index contributed by atoms with van der Waals surface area (Å²) in [5.74, 6) is 0. The van der Waals surface area contributed by atoms with Crippen LogP contribution >= 0.6 is 22.9 Å². The zero-order valence-corrected chi connectivity index (χ0v) is 16.0. The monoisotopic (exact) mass is 361 g/mol. The quantitative estimate of drug-likeness (QED) is 0.519. The smallest absolute Gasteiger partial charge is 0.106 e. The molecule has 0 aliphatic heterocycles. The second-order valence-electron chi connectivity index (χ2n) is 4.75. The van der Waals surface area contributed by atoms with E-state index >= 15 is 0 Å². The van der Waals surface area contributed by atoms with Gasteiger partial charge in [-0.15, -0.1) is 11.3 Å². The first-order valence-corrected chi connectivity index (χ1v) is 8.83. The Morgan fingerprint density at radius 1 is 1.08 bits per heavy atom.